The van der Waals surface area contributed by atoms with E-state index in [9.17, 15) is 0 Å². The first kappa shape index (κ1) is 14.8. The number of hydrogen-bond donors (Lipinski definition) is 1. The van der Waals surface area contributed by atoms with E-state index in [-0.39, 0.29) is 5.54 Å². The second-order valence-electron chi connectivity index (χ2n) is 7.28. The van der Waals surface area contributed by atoms with Crippen molar-refractivity contribution in [2.75, 3.05) is 45.9 Å². The van der Waals surface area contributed by atoms with Gasteiger partial charge in [0.25, 0.3) is 0 Å². The Labute approximate surface area is 123 Å². The molecule has 2 aliphatic heterocycles. The molecule has 4 nitrogen and oxygen atoms in total. The molecule has 4 heteroatoms. The van der Waals surface area contributed by atoms with Gasteiger partial charge in [0.15, 0.2) is 0 Å². The molecule has 3 aliphatic rings. The zero-order chi connectivity index (χ0) is 14.0. The van der Waals surface area contributed by atoms with Gasteiger partial charge < -0.3 is 10.1 Å². The molecule has 0 radical (unpaired) electrons. The van der Waals surface area contributed by atoms with Gasteiger partial charge in [0.1, 0.15) is 0 Å². The zero-order valence-electron chi connectivity index (χ0n) is 13.2. The fourth-order valence-corrected chi connectivity index (χ4v) is 4.24. The van der Waals surface area contributed by atoms with Gasteiger partial charge in [-0.25, -0.2) is 0 Å². The molecule has 0 spiro atoms. The number of ether oxygens (including phenoxy) is 1. The van der Waals surface area contributed by atoms with Crippen molar-refractivity contribution in [2.24, 2.45) is 0 Å². The summed E-state index contributed by atoms with van der Waals surface area (Å²) in [5.41, 5.74) is 0.279. The summed E-state index contributed by atoms with van der Waals surface area (Å²) in [6.07, 6.45) is 5.86. The summed E-state index contributed by atoms with van der Waals surface area (Å²) in [6.45, 7) is 12.7. The highest BCUT2D eigenvalue weighted by atomic mass is 16.5. The summed E-state index contributed by atoms with van der Waals surface area (Å²) in [6, 6.07) is 0.680. The second kappa shape index (κ2) is 6.30. The van der Waals surface area contributed by atoms with Crippen LogP contribution in [0, 0.1) is 0 Å². The molecule has 0 aromatic heterocycles. The standard InChI is InChI=1S/C16H31N3O/c1-16(2,19-9-7-17-8-10-19)13-18-11-12-20-15-6-4-3-5-14(15)18/h14-15,17H,3-13H2,1-2H3. The predicted octanol–water partition coefficient (Wildman–Crippen LogP) is 1.31. The molecule has 2 unspecified atom stereocenters. The SMILES string of the molecule is CC(C)(CN1CCOC2CCCCC21)N1CCNCC1. The van der Waals surface area contributed by atoms with E-state index in [1.165, 1.54) is 45.3 Å². The van der Waals surface area contributed by atoms with Gasteiger partial charge in [-0.2, -0.15) is 0 Å². The summed E-state index contributed by atoms with van der Waals surface area (Å²) in [4.78, 5) is 5.39. The molecule has 0 aromatic carbocycles. The first-order valence-electron chi connectivity index (χ1n) is 8.48. The monoisotopic (exact) mass is 281 g/mol. The van der Waals surface area contributed by atoms with Gasteiger partial charge in [-0.1, -0.05) is 12.8 Å². The third-order valence-electron chi connectivity index (χ3n) is 5.41. The van der Waals surface area contributed by atoms with Crippen LogP contribution < -0.4 is 5.32 Å². The largest absolute Gasteiger partial charge is 0.375 e. The van der Waals surface area contributed by atoms with Crippen LogP contribution in [0.25, 0.3) is 0 Å². The van der Waals surface area contributed by atoms with Crippen LogP contribution in [0.3, 0.4) is 0 Å². The number of piperazine rings is 1. The highest BCUT2D eigenvalue weighted by Gasteiger charge is 2.38. The summed E-state index contributed by atoms with van der Waals surface area (Å²) in [7, 11) is 0. The van der Waals surface area contributed by atoms with Crippen molar-refractivity contribution in [1.82, 2.24) is 15.1 Å². The number of rotatable bonds is 3. The predicted molar refractivity (Wildman–Crippen MR) is 82.1 cm³/mol. The van der Waals surface area contributed by atoms with Gasteiger partial charge in [0.05, 0.1) is 12.7 Å². The first-order valence-corrected chi connectivity index (χ1v) is 8.48. The van der Waals surface area contributed by atoms with Gasteiger partial charge in [-0.05, 0) is 26.7 Å². The average molecular weight is 281 g/mol. The minimum atomic E-state index is 0.279. The summed E-state index contributed by atoms with van der Waals surface area (Å²) >= 11 is 0. The van der Waals surface area contributed by atoms with E-state index in [1.54, 1.807) is 0 Å². The Bertz CT molecular complexity index is 313. The summed E-state index contributed by atoms with van der Waals surface area (Å²) in [5.74, 6) is 0. The average Bonchev–Trinajstić information content (AvgIpc) is 2.48. The highest BCUT2D eigenvalue weighted by Crippen LogP contribution is 2.30. The van der Waals surface area contributed by atoms with E-state index >= 15 is 0 Å². The van der Waals surface area contributed by atoms with Crippen LogP contribution in [0.15, 0.2) is 0 Å². The maximum Gasteiger partial charge on any atom is 0.0730 e. The van der Waals surface area contributed by atoms with Crippen molar-refractivity contribution in [1.29, 1.82) is 0 Å². The van der Waals surface area contributed by atoms with Gasteiger partial charge in [-0.15, -0.1) is 0 Å². The normalized spacial score (nSPS) is 33.9. The summed E-state index contributed by atoms with van der Waals surface area (Å²) < 4.78 is 6.01. The minimum Gasteiger partial charge on any atom is -0.375 e. The Hall–Kier alpha value is -0.160. The van der Waals surface area contributed by atoms with Crippen molar-refractivity contribution in [3.05, 3.63) is 0 Å². The number of hydrogen-bond acceptors (Lipinski definition) is 4. The molecule has 116 valence electrons. The lowest BCUT2D eigenvalue weighted by molar-refractivity contribution is -0.101. The highest BCUT2D eigenvalue weighted by molar-refractivity contribution is 4.93. The number of fused-ring (bicyclic) bond motifs is 1. The molecule has 0 amide bonds. The van der Waals surface area contributed by atoms with E-state index in [1.807, 2.05) is 0 Å². The Morgan fingerprint density at radius 2 is 1.85 bits per heavy atom. The molecule has 0 aromatic rings. The van der Waals surface area contributed by atoms with Crippen molar-refractivity contribution >= 4 is 0 Å². The Balaban J connectivity index is 1.62. The first-order chi connectivity index (χ1) is 9.67. The fourth-order valence-electron chi connectivity index (χ4n) is 4.24. The number of morpholine rings is 1. The minimum absolute atomic E-state index is 0.279. The van der Waals surface area contributed by atoms with E-state index in [4.69, 9.17) is 4.74 Å². The molecule has 2 atom stereocenters. The molecule has 1 N–H and O–H groups in total. The quantitative estimate of drug-likeness (QED) is 0.844. The van der Waals surface area contributed by atoms with Gasteiger partial charge >= 0.3 is 0 Å². The van der Waals surface area contributed by atoms with Crippen LogP contribution in [-0.4, -0.2) is 73.4 Å². The van der Waals surface area contributed by atoms with Crippen LogP contribution >= 0.6 is 0 Å². The second-order valence-corrected chi connectivity index (χ2v) is 7.28. The van der Waals surface area contributed by atoms with E-state index in [0.717, 1.165) is 26.2 Å². The van der Waals surface area contributed by atoms with Crippen molar-refractivity contribution in [2.45, 2.75) is 57.2 Å². The molecule has 1 aliphatic carbocycles. The molecule has 0 bridgehead atoms. The lowest BCUT2D eigenvalue weighted by Gasteiger charge is -2.49. The number of nitrogens with one attached hydrogen (secondary N) is 1. The molecule has 1 saturated carbocycles. The van der Waals surface area contributed by atoms with Gasteiger partial charge in [0, 0.05) is 50.8 Å². The maximum atomic E-state index is 6.01. The van der Waals surface area contributed by atoms with E-state index in [0.29, 0.717) is 12.1 Å². The Kier molecular flexibility index (Phi) is 4.65. The fraction of sp³-hybridized carbons (Fsp3) is 1.00. The molecular formula is C16H31N3O. The Morgan fingerprint density at radius 3 is 2.65 bits per heavy atom. The molecule has 2 saturated heterocycles. The third-order valence-corrected chi connectivity index (χ3v) is 5.41. The zero-order valence-corrected chi connectivity index (χ0v) is 13.2. The summed E-state index contributed by atoms with van der Waals surface area (Å²) in [5, 5.41) is 3.46. The topological polar surface area (TPSA) is 27.7 Å². The van der Waals surface area contributed by atoms with Gasteiger partial charge in [0.2, 0.25) is 0 Å². The van der Waals surface area contributed by atoms with Crippen LogP contribution in [0.2, 0.25) is 0 Å². The van der Waals surface area contributed by atoms with Crippen molar-refractivity contribution in [3.63, 3.8) is 0 Å². The smallest absolute Gasteiger partial charge is 0.0730 e. The lowest BCUT2D eigenvalue weighted by atomic mass is 9.88. The molecule has 20 heavy (non-hydrogen) atoms. The van der Waals surface area contributed by atoms with Crippen molar-refractivity contribution in [3.8, 4) is 0 Å². The third kappa shape index (κ3) is 3.19. The Morgan fingerprint density at radius 1 is 1.10 bits per heavy atom. The maximum absolute atomic E-state index is 6.01. The molecule has 3 rings (SSSR count). The van der Waals surface area contributed by atoms with Gasteiger partial charge in [-0.3, -0.25) is 9.80 Å². The van der Waals surface area contributed by atoms with Crippen LogP contribution in [0.5, 0.6) is 0 Å². The molecular weight excluding hydrogens is 250 g/mol. The lowest BCUT2D eigenvalue weighted by Crippen LogP contribution is -2.62. The van der Waals surface area contributed by atoms with Crippen LogP contribution in [0.1, 0.15) is 39.5 Å². The van der Waals surface area contributed by atoms with Crippen LogP contribution in [-0.2, 0) is 4.74 Å². The van der Waals surface area contributed by atoms with E-state index in [2.05, 4.69) is 29.0 Å². The van der Waals surface area contributed by atoms with E-state index < -0.39 is 0 Å². The van der Waals surface area contributed by atoms with Crippen molar-refractivity contribution < 1.29 is 4.74 Å². The molecule has 3 fully saturated rings. The number of nitrogens with zero attached hydrogens (tertiary/aromatic N) is 2. The molecule has 2 heterocycles. The van der Waals surface area contributed by atoms with Crippen LogP contribution in [0.4, 0.5) is 0 Å².